The third-order valence-corrected chi connectivity index (χ3v) is 7.32. The van der Waals surface area contributed by atoms with Crippen LogP contribution in [0.2, 0.25) is 10.0 Å². The molecular formula is C27H18Cl2FN3O2. The lowest BCUT2D eigenvalue weighted by atomic mass is 9.67. The zero-order valence-electron chi connectivity index (χ0n) is 18.2. The SMILES string of the molecule is N#C[C@]1(C(N)=O)[C@H](c2ccc(Cl)cc2)[C@@H](C(=O)c2ccc(Cl)cc2)N2c3ccc(F)cc3C=C[C@@H]21. The van der Waals surface area contributed by atoms with Crippen LogP contribution in [-0.4, -0.2) is 23.8 Å². The number of rotatable bonds is 4. The van der Waals surface area contributed by atoms with Crippen LogP contribution in [0, 0.1) is 22.6 Å². The number of Topliss-reactive ketones (excluding diaryl/α,β-unsaturated/α-hetero) is 1. The van der Waals surface area contributed by atoms with Gasteiger partial charge in [0.15, 0.2) is 11.2 Å². The fourth-order valence-electron chi connectivity index (χ4n) is 5.29. The Balaban J connectivity index is 1.80. The molecule has 1 amide bonds. The summed E-state index contributed by atoms with van der Waals surface area (Å²) in [6.07, 6.45) is 3.30. The maximum absolute atomic E-state index is 14.1. The number of primary amides is 1. The number of carbonyl (C=O) groups is 2. The molecular weight excluding hydrogens is 488 g/mol. The second kappa shape index (κ2) is 8.53. The Labute approximate surface area is 211 Å². The third-order valence-electron chi connectivity index (χ3n) is 6.82. The van der Waals surface area contributed by atoms with Crippen molar-refractivity contribution < 1.29 is 14.0 Å². The lowest BCUT2D eigenvalue weighted by Gasteiger charge is -2.36. The molecule has 0 aliphatic carbocycles. The Morgan fingerprint density at radius 2 is 1.63 bits per heavy atom. The molecule has 3 aromatic rings. The smallest absolute Gasteiger partial charge is 0.241 e. The van der Waals surface area contributed by atoms with Gasteiger partial charge in [0.05, 0.1) is 12.1 Å². The van der Waals surface area contributed by atoms with Gasteiger partial charge in [-0.15, -0.1) is 0 Å². The van der Waals surface area contributed by atoms with Crippen molar-refractivity contribution in [2.75, 3.05) is 4.90 Å². The first kappa shape index (κ1) is 23.1. The quantitative estimate of drug-likeness (QED) is 0.482. The normalized spacial score (nSPS) is 24.4. The molecule has 2 N–H and O–H groups in total. The zero-order chi connectivity index (χ0) is 24.9. The van der Waals surface area contributed by atoms with E-state index in [1.165, 1.54) is 12.1 Å². The molecule has 1 saturated heterocycles. The Morgan fingerprint density at radius 3 is 2.23 bits per heavy atom. The summed E-state index contributed by atoms with van der Waals surface area (Å²) in [7, 11) is 0. The number of hydrogen-bond acceptors (Lipinski definition) is 4. The van der Waals surface area contributed by atoms with Crippen molar-refractivity contribution in [1.29, 1.82) is 5.26 Å². The average Bonchev–Trinajstić information content (AvgIpc) is 3.16. The van der Waals surface area contributed by atoms with Crippen molar-refractivity contribution in [2.45, 2.75) is 18.0 Å². The first-order chi connectivity index (χ1) is 16.8. The van der Waals surface area contributed by atoms with E-state index in [0.717, 1.165) is 0 Å². The second-order valence-corrected chi connectivity index (χ2v) is 9.48. The number of hydrogen-bond donors (Lipinski definition) is 1. The van der Waals surface area contributed by atoms with Gasteiger partial charge in [-0.05, 0) is 60.2 Å². The topological polar surface area (TPSA) is 87.2 Å². The van der Waals surface area contributed by atoms with E-state index in [1.54, 1.807) is 71.6 Å². The van der Waals surface area contributed by atoms with Crippen molar-refractivity contribution in [3.8, 4) is 6.07 Å². The van der Waals surface area contributed by atoms with E-state index in [4.69, 9.17) is 28.9 Å². The molecule has 0 bridgehead atoms. The Hall–Kier alpha value is -3.66. The maximum Gasteiger partial charge on any atom is 0.241 e. The molecule has 1 fully saturated rings. The van der Waals surface area contributed by atoms with Crippen LogP contribution >= 0.6 is 23.2 Å². The van der Waals surface area contributed by atoms with Crippen molar-refractivity contribution >= 4 is 46.7 Å². The number of anilines is 1. The summed E-state index contributed by atoms with van der Waals surface area (Å²) < 4.78 is 14.1. The number of fused-ring (bicyclic) bond motifs is 3. The van der Waals surface area contributed by atoms with Gasteiger partial charge in [-0.25, -0.2) is 4.39 Å². The van der Waals surface area contributed by atoms with Crippen LogP contribution in [0.15, 0.2) is 72.8 Å². The number of ketones is 1. The molecule has 5 rings (SSSR count). The number of carbonyl (C=O) groups excluding carboxylic acids is 2. The van der Waals surface area contributed by atoms with E-state index in [-0.39, 0.29) is 5.78 Å². The minimum absolute atomic E-state index is 0.324. The van der Waals surface area contributed by atoms with E-state index < -0.39 is 35.1 Å². The summed E-state index contributed by atoms with van der Waals surface area (Å²) in [5, 5.41) is 11.4. The van der Waals surface area contributed by atoms with Crippen molar-refractivity contribution in [3.05, 3.63) is 105 Å². The fourth-order valence-corrected chi connectivity index (χ4v) is 5.54. The van der Waals surface area contributed by atoms with E-state index in [2.05, 4.69) is 6.07 Å². The summed E-state index contributed by atoms with van der Waals surface area (Å²) in [6.45, 7) is 0. The molecule has 4 atom stereocenters. The highest BCUT2D eigenvalue weighted by molar-refractivity contribution is 6.31. The van der Waals surface area contributed by atoms with Crippen LogP contribution in [0.5, 0.6) is 0 Å². The highest BCUT2D eigenvalue weighted by atomic mass is 35.5. The molecule has 3 aromatic carbocycles. The average molecular weight is 506 g/mol. The van der Waals surface area contributed by atoms with Gasteiger partial charge in [-0.1, -0.05) is 47.5 Å². The Kier molecular flexibility index (Phi) is 5.63. The lowest BCUT2D eigenvalue weighted by Crippen LogP contribution is -2.49. The number of halogens is 3. The van der Waals surface area contributed by atoms with E-state index in [1.807, 2.05) is 0 Å². The zero-order valence-corrected chi connectivity index (χ0v) is 19.7. The van der Waals surface area contributed by atoms with Crippen LogP contribution in [-0.2, 0) is 4.79 Å². The Morgan fingerprint density at radius 1 is 1.00 bits per heavy atom. The van der Waals surface area contributed by atoms with Gasteiger partial charge < -0.3 is 10.6 Å². The van der Waals surface area contributed by atoms with Crippen molar-refractivity contribution in [3.63, 3.8) is 0 Å². The number of benzene rings is 3. The van der Waals surface area contributed by atoms with Gasteiger partial charge in [0.1, 0.15) is 11.9 Å². The largest absolute Gasteiger partial charge is 0.368 e. The molecule has 0 radical (unpaired) electrons. The van der Waals surface area contributed by atoms with Gasteiger partial charge in [-0.3, -0.25) is 9.59 Å². The standard InChI is InChI=1S/C27H18Cl2FN3O2/c28-18-6-1-15(2-7-18)23-24(25(34)16-3-8-19(29)9-4-16)33-21-11-10-20(30)13-17(21)5-12-22(33)27(23,14-31)26(32)35/h1-13,22-24H,(H2,32,35)/t22-,23-,24+,27-/m1/s1. The molecule has 2 heterocycles. The van der Waals surface area contributed by atoms with Gasteiger partial charge >= 0.3 is 0 Å². The molecule has 0 aromatic heterocycles. The second-order valence-electron chi connectivity index (χ2n) is 8.60. The monoisotopic (exact) mass is 505 g/mol. The van der Waals surface area contributed by atoms with Crippen molar-refractivity contribution in [2.24, 2.45) is 11.1 Å². The molecule has 2 aliphatic heterocycles. The molecule has 0 unspecified atom stereocenters. The van der Waals surface area contributed by atoms with Crippen LogP contribution in [0.4, 0.5) is 10.1 Å². The van der Waals surface area contributed by atoms with Gasteiger partial charge in [0.25, 0.3) is 0 Å². The molecule has 8 heteroatoms. The van der Waals surface area contributed by atoms with Gasteiger partial charge in [-0.2, -0.15) is 5.26 Å². The predicted octanol–water partition coefficient (Wildman–Crippen LogP) is 5.38. The summed E-state index contributed by atoms with van der Waals surface area (Å²) in [4.78, 5) is 28.9. The first-order valence-corrected chi connectivity index (χ1v) is 11.6. The van der Waals surface area contributed by atoms with Crippen LogP contribution in [0.3, 0.4) is 0 Å². The van der Waals surface area contributed by atoms with E-state index in [9.17, 15) is 19.2 Å². The van der Waals surface area contributed by atoms with Crippen LogP contribution < -0.4 is 10.6 Å². The molecule has 35 heavy (non-hydrogen) atoms. The number of nitrogens with two attached hydrogens (primary N) is 1. The highest BCUT2D eigenvalue weighted by Crippen LogP contribution is 2.55. The summed E-state index contributed by atoms with van der Waals surface area (Å²) in [6, 6.07) is 17.6. The molecule has 5 nitrogen and oxygen atoms in total. The molecule has 0 saturated carbocycles. The number of nitrogens with zero attached hydrogens (tertiary/aromatic N) is 2. The Bertz CT molecular complexity index is 1420. The number of amides is 1. The minimum atomic E-state index is -1.79. The van der Waals surface area contributed by atoms with Gasteiger partial charge in [0, 0.05) is 32.8 Å². The van der Waals surface area contributed by atoms with Crippen molar-refractivity contribution in [1.82, 2.24) is 0 Å². The highest BCUT2D eigenvalue weighted by Gasteiger charge is 2.65. The third kappa shape index (κ3) is 3.51. The summed E-state index contributed by atoms with van der Waals surface area (Å²) in [5.41, 5.74) is 6.13. The van der Waals surface area contributed by atoms with Gasteiger partial charge in [0.2, 0.25) is 5.91 Å². The lowest BCUT2D eigenvalue weighted by molar-refractivity contribution is -0.125. The molecule has 174 valence electrons. The maximum atomic E-state index is 14.1. The van der Waals surface area contributed by atoms with Crippen LogP contribution in [0.25, 0.3) is 6.08 Å². The molecule has 0 spiro atoms. The predicted molar refractivity (Wildman–Crippen MR) is 133 cm³/mol. The first-order valence-electron chi connectivity index (χ1n) is 10.8. The van der Waals surface area contributed by atoms with Crippen LogP contribution in [0.1, 0.15) is 27.4 Å². The summed E-state index contributed by atoms with van der Waals surface area (Å²) in [5.74, 6) is -2.55. The summed E-state index contributed by atoms with van der Waals surface area (Å²) >= 11 is 12.1. The van der Waals surface area contributed by atoms with E-state index in [0.29, 0.717) is 32.4 Å². The molecule has 2 aliphatic rings. The fraction of sp³-hybridized carbons (Fsp3) is 0.148. The minimum Gasteiger partial charge on any atom is -0.368 e. The number of nitriles is 1. The van der Waals surface area contributed by atoms with E-state index >= 15 is 0 Å².